The largest absolute Gasteiger partial charge is 0.406 e. The molecular formula is C20H27F4N3O4S. The maximum Gasteiger partial charge on any atom is 0.406 e. The molecule has 180 valence electrons. The minimum atomic E-state index is -4.80. The summed E-state index contributed by atoms with van der Waals surface area (Å²) < 4.78 is 79.9. The van der Waals surface area contributed by atoms with Gasteiger partial charge in [0.2, 0.25) is 5.91 Å². The van der Waals surface area contributed by atoms with Gasteiger partial charge in [-0.25, -0.2) is 22.3 Å². The van der Waals surface area contributed by atoms with E-state index >= 15 is 0 Å². The number of benzene rings is 1. The molecule has 1 unspecified atom stereocenters. The highest BCUT2D eigenvalue weighted by molar-refractivity contribution is 7.90. The Kier molecular flexibility index (Phi) is 7.79. The number of amides is 3. The van der Waals surface area contributed by atoms with Gasteiger partial charge in [0.15, 0.2) is 5.37 Å². The van der Waals surface area contributed by atoms with E-state index in [9.17, 15) is 35.6 Å². The van der Waals surface area contributed by atoms with Gasteiger partial charge in [0, 0.05) is 12.1 Å². The molecule has 7 nitrogen and oxygen atoms in total. The normalized spacial score (nSPS) is 17.8. The fourth-order valence-corrected chi connectivity index (χ4v) is 5.08. The first kappa shape index (κ1) is 25.9. The molecular weight excluding hydrogens is 454 g/mol. The van der Waals surface area contributed by atoms with Gasteiger partial charge in [-0.15, -0.1) is 0 Å². The molecule has 0 aliphatic carbocycles. The Balaban J connectivity index is 2.31. The number of nitrogens with one attached hydrogen (secondary N) is 2. The third kappa shape index (κ3) is 6.33. The van der Waals surface area contributed by atoms with Crippen molar-refractivity contribution in [1.82, 2.24) is 9.62 Å². The van der Waals surface area contributed by atoms with Crippen molar-refractivity contribution >= 4 is 27.6 Å². The molecule has 0 radical (unpaired) electrons. The topological polar surface area (TPSA) is 95.6 Å². The summed E-state index contributed by atoms with van der Waals surface area (Å²) in [6.45, 7) is 5.33. The van der Waals surface area contributed by atoms with Crippen molar-refractivity contribution in [2.24, 2.45) is 0 Å². The van der Waals surface area contributed by atoms with Gasteiger partial charge < -0.3 is 10.2 Å². The molecule has 1 saturated heterocycles. The first-order valence-electron chi connectivity index (χ1n) is 10.1. The summed E-state index contributed by atoms with van der Waals surface area (Å²) in [7, 11) is -4.66. The van der Waals surface area contributed by atoms with Crippen LogP contribution in [0.3, 0.4) is 0 Å². The predicted octanol–water partition coefficient (Wildman–Crippen LogP) is 4.42. The zero-order valence-corrected chi connectivity index (χ0v) is 19.0. The third-order valence-electron chi connectivity index (χ3n) is 5.10. The van der Waals surface area contributed by atoms with E-state index in [4.69, 9.17) is 0 Å². The second-order valence-electron chi connectivity index (χ2n) is 8.35. The number of piperidine rings is 1. The van der Waals surface area contributed by atoms with Gasteiger partial charge in [-0.05, 0) is 47.9 Å². The maximum absolute atomic E-state index is 14.0. The van der Waals surface area contributed by atoms with Crippen LogP contribution in [0.15, 0.2) is 12.1 Å². The Morgan fingerprint density at radius 1 is 1.16 bits per heavy atom. The average Bonchev–Trinajstić information content (AvgIpc) is 2.62. The zero-order chi connectivity index (χ0) is 24.4. The second-order valence-corrected chi connectivity index (χ2v) is 10.2. The minimum absolute atomic E-state index is 0.0767. The van der Waals surface area contributed by atoms with E-state index in [1.54, 1.807) is 32.4 Å². The standard InChI is InChI=1S/C20H27F4N3O4S/c1-11(2)14-8-13(21)9-15(12(3)4)18(14)25-19(29)26-32(30,31)17-7-5-6-16(28)27(17)10-20(22,23)24/h8-9,11-12,17H,5-7,10H2,1-4H3,(H2,25,26,29). The van der Waals surface area contributed by atoms with Crippen LogP contribution in [0.5, 0.6) is 0 Å². The number of alkyl halides is 3. The highest BCUT2D eigenvalue weighted by Crippen LogP contribution is 2.34. The summed E-state index contributed by atoms with van der Waals surface area (Å²) in [6.07, 6.45) is -5.17. The minimum Gasteiger partial charge on any atom is -0.315 e. The number of hydrogen-bond acceptors (Lipinski definition) is 4. The molecule has 2 rings (SSSR count). The Hall–Kier alpha value is -2.37. The fraction of sp³-hybridized carbons (Fsp3) is 0.600. The highest BCUT2D eigenvalue weighted by atomic mass is 32.2. The fourth-order valence-electron chi connectivity index (χ4n) is 3.63. The zero-order valence-electron chi connectivity index (χ0n) is 18.2. The first-order valence-corrected chi connectivity index (χ1v) is 11.7. The Morgan fingerprint density at radius 3 is 2.16 bits per heavy atom. The molecule has 0 saturated carbocycles. The summed E-state index contributed by atoms with van der Waals surface area (Å²) in [5.74, 6) is -1.90. The van der Waals surface area contributed by atoms with Gasteiger partial charge in [0.1, 0.15) is 12.4 Å². The number of halogens is 4. The van der Waals surface area contributed by atoms with E-state index in [2.05, 4.69) is 5.32 Å². The molecule has 1 aliphatic heterocycles. The van der Waals surface area contributed by atoms with Crippen LogP contribution in [0.2, 0.25) is 0 Å². The number of hydrogen-bond donors (Lipinski definition) is 2. The van der Waals surface area contributed by atoms with Crippen LogP contribution in [0, 0.1) is 5.82 Å². The van der Waals surface area contributed by atoms with Gasteiger partial charge in [-0.2, -0.15) is 13.2 Å². The van der Waals surface area contributed by atoms with Crippen molar-refractivity contribution in [2.45, 2.75) is 70.3 Å². The number of carbonyl (C=O) groups is 2. The van der Waals surface area contributed by atoms with Crippen LogP contribution in [-0.4, -0.2) is 43.4 Å². The van der Waals surface area contributed by atoms with Crippen LogP contribution in [-0.2, 0) is 14.8 Å². The summed E-state index contributed by atoms with van der Waals surface area (Å²) in [5, 5.41) is 0.582. The van der Waals surface area contributed by atoms with Gasteiger partial charge >= 0.3 is 12.2 Å². The van der Waals surface area contributed by atoms with E-state index in [1.807, 2.05) is 0 Å². The van der Waals surface area contributed by atoms with Crippen LogP contribution >= 0.6 is 0 Å². The molecule has 1 atom stereocenters. The molecule has 2 N–H and O–H groups in total. The summed E-state index contributed by atoms with van der Waals surface area (Å²) in [6, 6.07) is 1.25. The van der Waals surface area contributed by atoms with E-state index in [0.29, 0.717) is 11.1 Å². The van der Waals surface area contributed by atoms with Crippen molar-refractivity contribution in [3.05, 3.63) is 29.1 Å². The number of sulfonamides is 1. The molecule has 0 bridgehead atoms. The third-order valence-corrected chi connectivity index (χ3v) is 6.78. The Bertz CT molecular complexity index is 949. The van der Waals surface area contributed by atoms with Crippen LogP contribution in [0.25, 0.3) is 0 Å². The van der Waals surface area contributed by atoms with Gasteiger partial charge in [0.05, 0.1) is 0 Å². The lowest BCUT2D eigenvalue weighted by Crippen LogP contribution is -2.55. The number of likely N-dealkylation sites (tertiary alicyclic amines) is 1. The molecule has 1 fully saturated rings. The highest BCUT2D eigenvalue weighted by Gasteiger charge is 2.44. The lowest BCUT2D eigenvalue weighted by atomic mass is 9.92. The summed E-state index contributed by atoms with van der Waals surface area (Å²) in [4.78, 5) is 24.8. The maximum atomic E-state index is 14.0. The lowest BCUT2D eigenvalue weighted by molar-refractivity contribution is -0.165. The first-order chi connectivity index (χ1) is 14.6. The van der Waals surface area contributed by atoms with E-state index in [1.165, 1.54) is 12.1 Å². The predicted molar refractivity (Wildman–Crippen MR) is 111 cm³/mol. The van der Waals surface area contributed by atoms with E-state index in [-0.39, 0.29) is 41.7 Å². The van der Waals surface area contributed by atoms with Gasteiger partial charge in [0.25, 0.3) is 10.0 Å². The SMILES string of the molecule is CC(C)c1cc(F)cc(C(C)C)c1NC(=O)NS(=O)(=O)C1CCCC(=O)N1CC(F)(F)F. The molecule has 0 spiro atoms. The number of urea groups is 1. The van der Waals surface area contributed by atoms with Gasteiger partial charge in [-0.1, -0.05) is 27.7 Å². The monoisotopic (exact) mass is 481 g/mol. The quantitative estimate of drug-likeness (QED) is 0.588. The summed E-state index contributed by atoms with van der Waals surface area (Å²) >= 11 is 0. The van der Waals surface area contributed by atoms with Gasteiger partial charge in [-0.3, -0.25) is 4.79 Å². The number of carbonyl (C=O) groups excluding carboxylic acids is 2. The van der Waals surface area contributed by atoms with Crippen molar-refractivity contribution in [3.8, 4) is 0 Å². The molecule has 1 aliphatic rings. The molecule has 12 heteroatoms. The van der Waals surface area contributed by atoms with E-state index in [0.717, 1.165) is 0 Å². The number of anilines is 1. The number of nitrogens with zero attached hydrogens (tertiary/aromatic N) is 1. The van der Waals surface area contributed by atoms with Crippen molar-refractivity contribution in [2.75, 3.05) is 11.9 Å². The van der Waals surface area contributed by atoms with Crippen molar-refractivity contribution in [3.63, 3.8) is 0 Å². The van der Waals surface area contributed by atoms with Crippen molar-refractivity contribution in [1.29, 1.82) is 0 Å². The second kappa shape index (κ2) is 9.63. The van der Waals surface area contributed by atoms with Crippen LogP contribution in [0.4, 0.5) is 28.0 Å². The Labute approximate surface area is 184 Å². The molecule has 1 aromatic rings. The van der Waals surface area contributed by atoms with E-state index < -0.39 is 45.9 Å². The molecule has 3 amide bonds. The smallest absolute Gasteiger partial charge is 0.315 e. The van der Waals surface area contributed by atoms with Crippen LogP contribution < -0.4 is 10.0 Å². The average molecular weight is 482 g/mol. The summed E-state index contributed by atoms with van der Waals surface area (Å²) in [5.41, 5.74) is 1.11. The van der Waals surface area contributed by atoms with Crippen LogP contribution in [0.1, 0.15) is 69.9 Å². The molecule has 32 heavy (non-hydrogen) atoms. The molecule has 1 heterocycles. The van der Waals surface area contributed by atoms with Crippen molar-refractivity contribution < 1.29 is 35.6 Å². The molecule has 0 aromatic heterocycles. The number of rotatable bonds is 6. The lowest BCUT2D eigenvalue weighted by Gasteiger charge is -2.35. The Morgan fingerprint density at radius 2 is 1.69 bits per heavy atom. The molecule has 1 aromatic carbocycles.